The first-order valence-corrected chi connectivity index (χ1v) is 9.49. The van der Waals surface area contributed by atoms with E-state index in [1.807, 2.05) is 53.1 Å². The van der Waals surface area contributed by atoms with E-state index in [0.717, 1.165) is 16.6 Å². The number of fused-ring (bicyclic) bond motifs is 3. The van der Waals surface area contributed by atoms with Crippen molar-refractivity contribution in [1.29, 1.82) is 0 Å². The summed E-state index contributed by atoms with van der Waals surface area (Å²) in [6.45, 7) is 0.535. The Morgan fingerprint density at radius 1 is 0.897 bits per heavy atom. The normalized spacial score (nSPS) is 11.4. The van der Waals surface area contributed by atoms with Gasteiger partial charge in [-0.25, -0.2) is 13.8 Å². The number of hydrogen-bond donors (Lipinski definition) is 0. The predicted molar refractivity (Wildman–Crippen MR) is 113 cm³/mol. The van der Waals surface area contributed by atoms with E-state index in [2.05, 4.69) is 0 Å². The van der Waals surface area contributed by atoms with Gasteiger partial charge in [0.15, 0.2) is 0 Å². The van der Waals surface area contributed by atoms with Crippen molar-refractivity contribution in [3.8, 4) is 11.3 Å². The SMILES string of the molecule is O=c1cc(-c2ccc(F)cc2)nc2n(Cc3ccc(Cl)cc3)c3ccccc3n12. The fourth-order valence-corrected chi connectivity index (χ4v) is 3.69. The third-order valence-corrected chi connectivity index (χ3v) is 5.20. The van der Waals surface area contributed by atoms with E-state index in [0.29, 0.717) is 28.6 Å². The molecule has 0 amide bonds. The summed E-state index contributed by atoms with van der Waals surface area (Å²) in [5, 5.41) is 0.670. The summed E-state index contributed by atoms with van der Waals surface area (Å²) in [7, 11) is 0. The van der Waals surface area contributed by atoms with Crippen molar-refractivity contribution in [2.75, 3.05) is 0 Å². The highest BCUT2D eigenvalue weighted by atomic mass is 35.5. The van der Waals surface area contributed by atoms with Gasteiger partial charge in [0, 0.05) is 16.7 Å². The number of rotatable bonds is 3. The van der Waals surface area contributed by atoms with E-state index in [-0.39, 0.29) is 11.4 Å². The Morgan fingerprint density at radius 2 is 1.59 bits per heavy atom. The molecule has 0 unspecified atom stereocenters. The number of aromatic nitrogens is 3. The monoisotopic (exact) mass is 403 g/mol. The van der Waals surface area contributed by atoms with Gasteiger partial charge in [-0.1, -0.05) is 35.9 Å². The minimum Gasteiger partial charge on any atom is -0.305 e. The maximum Gasteiger partial charge on any atom is 0.260 e. The van der Waals surface area contributed by atoms with Gasteiger partial charge in [0.1, 0.15) is 5.82 Å². The Labute approximate surface area is 170 Å². The van der Waals surface area contributed by atoms with Crippen molar-refractivity contribution in [2.24, 2.45) is 0 Å². The molecule has 0 N–H and O–H groups in total. The topological polar surface area (TPSA) is 39.3 Å². The average Bonchev–Trinajstić information content (AvgIpc) is 3.04. The zero-order chi connectivity index (χ0) is 20.0. The van der Waals surface area contributed by atoms with Crippen LogP contribution in [0, 0.1) is 5.82 Å². The molecule has 0 aliphatic heterocycles. The van der Waals surface area contributed by atoms with Gasteiger partial charge in [-0.15, -0.1) is 0 Å². The van der Waals surface area contributed by atoms with Gasteiger partial charge in [0.05, 0.1) is 23.3 Å². The van der Waals surface area contributed by atoms with Crippen LogP contribution in [-0.2, 0) is 6.54 Å². The first-order chi connectivity index (χ1) is 14.1. The summed E-state index contributed by atoms with van der Waals surface area (Å²) in [4.78, 5) is 17.7. The molecule has 5 rings (SSSR count). The molecule has 2 heterocycles. The molecule has 0 aliphatic rings. The van der Waals surface area contributed by atoms with Crippen LogP contribution in [0.25, 0.3) is 28.1 Å². The molecule has 2 aromatic heterocycles. The van der Waals surface area contributed by atoms with E-state index < -0.39 is 0 Å². The van der Waals surface area contributed by atoms with Crippen molar-refractivity contribution in [3.05, 3.63) is 106 Å². The molecule has 0 saturated heterocycles. The fourth-order valence-electron chi connectivity index (χ4n) is 3.56. The molecule has 6 heteroatoms. The van der Waals surface area contributed by atoms with Crippen molar-refractivity contribution in [1.82, 2.24) is 14.0 Å². The third-order valence-electron chi connectivity index (χ3n) is 4.95. The lowest BCUT2D eigenvalue weighted by atomic mass is 10.1. The number of benzene rings is 3. The van der Waals surface area contributed by atoms with E-state index in [1.54, 1.807) is 16.5 Å². The minimum absolute atomic E-state index is 0.180. The Bertz CT molecular complexity index is 1400. The third kappa shape index (κ3) is 3.09. The number of hydrogen-bond acceptors (Lipinski definition) is 2. The maximum absolute atomic E-state index is 13.3. The molecule has 4 nitrogen and oxygen atoms in total. The molecule has 0 saturated carbocycles. The maximum atomic E-state index is 13.3. The molecule has 0 radical (unpaired) electrons. The number of imidazole rings is 1. The first-order valence-electron chi connectivity index (χ1n) is 9.11. The van der Waals surface area contributed by atoms with Gasteiger partial charge in [0.25, 0.3) is 5.56 Å². The molecule has 0 bridgehead atoms. The summed E-state index contributed by atoms with van der Waals surface area (Å²) in [5.41, 5.74) is 3.76. The van der Waals surface area contributed by atoms with Gasteiger partial charge in [-0.3, -0.25) is 4.79 Å². The molecule has 142 valence electrons. The van der Waals surface area contributed by atoms with Crippen LogP contribution >= 0.6 is 11.6 Å². The molecule has 0 atom stereocenters. The molecule has 5 aromatic rings. The quantitative estimate of drug-likeness (QED) is 0.417. The Balaban J connectivity index is 1.77. The lowest BCUT2D eigenvalue weighted by Gasteiger charge is -2.08. The number of halogens is 2. The van der Waals surface area contributed by atoms with Gasteiger partial charge >= 0.3 is 0 Å². The van der Waals surface area contributed by atoms with Gasteiger partial charge < -0.3 is 4.57 Å². The summed E-state index contributed by atoms with van der Waals surface area (Å²) in [5.74, 6) is 0.205. The van der Waals surface area contributed by atoms with Gasteiger partial charge in [-0.05, 0) is 54.1 Å². The summed E-state index contributed by atoms with van der Waals surface area (Å²) >= 11 is 6.01. The lowest BCUT2D eigenvalue weighted by Crippen LogP contribution is -2.14. The smallest absolute Gasteiger partial charge is 0.260 e. The molecule has 0 spiro atoms. The zero-order valence-electron chi connectivity index (χ0n) is 15.2. The van der Waals surface area contributed by atoms with Crippen molar-refractivity contribution in [2.45, 2.75) is 6.54 Å². The highest BCUT2D eigenvalue weighted by Gasteiger charge is 2.15. The molecule has 0 fully saturated rings. The number of nitrogens with zero attached hydrogens (tertiary/aromatic N) is 3. The van der Waals surface area contributed by atoms with Crippen LogP contribution in [0.1, 0.15) is 5.56 Å². The summed E-state index contributed by atoms with van der Waals surface area (Å²) in [6.07, 6.45) is 0. The summed E-state index contributed by atoms with van der Waals surface area (Å²) < 4.78 is 16.9. The molecular formula is C23H15ClFN3O. The molecule has 3 aromatic carbocycles. The second-order valence-corrected chi connectivity index (χ2v) is 7.26. The molecular weight excluding hydrogens is 389 g/mol. The number of para-hydroxylation sites is 2. The van der Waals surface area contributed by atoms with Crippen molar-refractivity contribution in [3.63, 3.8) is 0 Å². The molecule has 0 aliphatic carbocycles. The van der Waals surface area contributed by atoms with Crippen LogP contribution in [0.2, 0.25) is 5.02 Å². The van der Waals surface area contributed by atoms with Gasteiger partial charge in [0.2, 0.25) is 5.78 Å². The van der Waals surface area contributed by atoms with E-state index in [1.165, 1.54) is 18.2 Å². The Hall–Kier alpha value is -3.44. The van der Waals surface area contributed by atoms with Crippen LogP contribution in [0.5, 0.6) is 0 Å². The standard InChI is InChI=1S/C23H15ClFN3O/c24-17-9-5-15(6-10-17)14-27-20-3-1-2-4-21(20)28-22(29)13-19(26-23(27)28)16-7-11-18(25)12-8-16/h1-13H,14H2. The lowest BCUT2D eigenvalue weighted by molar-refractivity contribution is 0.628. The fraction of sp³-hybridized carbons (Fsp3) is 0.0435. The minimum atomic E-state index is -0.330. The van der Waals surface area contributed by atoms with E-state index in [4.69, 9.17) is 16.6 Å². The second kappa shape index (κ2) is 6.87. The van der Waals surface area contributed by atoms with Crippen molar-refractivity contribution >= 4 is 28.4 Å². The van der Waals surface area contributed by atoms with Crippen LogP contribution < -0.4 is 5.56 Å². The highest BCUT2D eigenvalue weighted by molar-refractivity contribution is 6.30. The predicted octanol–water partition coefficient (Wildman–Crippen LogP) is 5.16. The summed E-state index contributed by atoms with van der Waals surface area (Å²) in [6, 6.07) is 22.8. The average molecular weight is 404 g/mol. The van der Waals surface area contributed by atoms with Crippen LogP contribution in [0.3, 0.4) is 0 Å². The Kier molecular flexibility index (Phi) is 4.18. The molecule has 29 heavy (non-hydrogen) atoms. The van der Waals surface area contributed by atoms with Crippen molar-refractivity contribution < 1.29 is 4.39 Å². The van der Waals surface area contributed by atoms with Gasteiger partial charge in [-0.2, -0.15) is 0 Å². The second-order valence-electron chi connectivity index (χ2n) is 6.82. The Morgan fingerprint density at radius 3 is 2.31 bits per heavy atom. The van der Waals surface area contributed by atoms with Crippen LogP contribution in [0.15, 0.2) is 83.7 Å². The first kappa shape index (κ1) is 17.6. The highest BCUT2D eigenvalue weighted by Crippen LogP contribution is 2.23. The van der Waals surface area contributed by atoms with E-state index in [9.17, 15) is 9.18 Å². The van der Waals surface area contributed by atoms with Crippen LogP contribution in [0.4, 0.5) is 4.39 Å². The van der Waals surface area contributed by atoms with E-state index >= 15 is 0 Å². The van der Waals surface area contributed by atoms with Crippen LogP contribution in [-0.4, -0.2) is 14.0 Å². The largest absolute Gasteiger partial charge is 0.305 e. The zero-order valence-corrected chi connectivity index (χ0v) is 16.0.